The van der Waals surface area contributed by atoms with Gasteiger partial charge in [0.25, 0.3) is 0 Å². The van der Waals surface area contributed by atoms with Gasteiger partial charge in [-0.2, -0.15) is 0 Å². The third-order valence-electron chi connectivity index (χ3n) is 1.54. The molecule has 3 nitrogen and oxygen atoms in total. The van der Waals surface area contributed by atoms with Crippen molar-refractivity contribution in [2.45, 2.75) is 20.3 Å². The molecule has 12 heavy (non-hydrogen) atoms. The summed E-state index contributed by atoms with van der Waals surface area (Å²) in [5, 5.41) is 0. The number of carbonyl (C=O) groups excluding carboxylic acids is 2. The zero-order valence-corrected chi connectivity index (χ0v) is 7.66. The van der Waals surface area contributed by atoms with Crippen molar-refractivity contribution in [1.82, 2.24) is 0 Å². The Labute approximate surface area is 72.4 Å². The third-order valence-corrected chi connectivity index (χ3v) is 1.54. The summed E-state index contributed by atoms with van der Waals surface area (Å²) in [4.78, 5) is 22.2. The number of esters is 1. The maximum atomic E-state index is 11.2. The van der Waals surface area contributed by atoms with E-state index >= 15 is 0 Å². The van der Waals surface area contributed by atoms with E-state index in [4.69, 9.17) is 0 Å². The molecule has 0 saturated carbocycles. The lowest BCUT2D eigenvalue weighted by Crippen LogP contribution is -2.22. The van der Waals surface area contributed by atoms with Gasteiger partial charge < -0.3 is 4.74 Å². The van der Waals surface area contributed by atoms with Gasteiger partial charge in [0.15, 0.2) is 5.78 Å². The molecule has 0 aliphatic rings. The van der Waals surface area contributed by atoms with Crippen LogP contribution in [-0.2, 0) is 14.3 Å². The van der Waals surface area contributed by atoms with E-state index < -0.39 is 11.9 Å². The SMILES string of the molecule is C/C=C\C(C(=O)CC)C(=O)OC. The van der Waals surface area contributed by atoms with Crippen LogP contribution in [0.5, 0.6) is 0 Å². The maximum Gasteiger partial charge on any atom is 0.320 e. The van der Waals surface area contributed by atoms with Gasteiger partial charge >= 0.3 is 5.97 Å². The summed E-state index contributed by atoms with van der Waals surface area (Å²) in [6.07, 6.45) is 3.58. The highest BCUT2D eigenvalue weighted by molar-refractivity contribution is 6.00. The van der Waals surface area contributed by atoms with Crippen molar-refractivity contribution in [2.75, 3.05) is 7.11 Å². The molecule has 0 saturated heterocycles. The molecule has 0 N–H and O–H groups in total. The first-order valence-electron chi connectivity index (χ1n) is 3.90. The van der Waals surface area contributed by atoms with Crippen LogP contribution in [0.25, 0.3) is 0 Å². The lowest BCUT2D eigenvalue weighted by atomic mass is 10.0. The number of Topliss-reactive ketones (excluding diaryl/α,β-unsaturated/α-hetero) is 1. The predicted molar refractivity (Wildman–Crippen MR) is 45.6 cm³/mol. The molecule has 0 aromatic rings. The van der Waals surface area contributed by atoms with Crippen molar-refractivity contribution in [3.8, 4) is 0 Å². The van der Waals surface area contributed by atoms with E-state index in [-0.39, 0.29) is 5.78 Å². The molecule has 1 atom stereocenters. The largest absolute Gasteiger partial charge is 0.468 e. The van der Waals surface area contributed by atoms with Gasteiger partial charge in [0.05, 0.1) is 7.11 Å². The molecule has 0 amide bonds. The summed E-state index contributed by atoms with van der Waals surface area (Å²) in [5.74, 6) is -1.31. The quantitative estimate of drug-likeness (QED) is 0.363. The fourth-order valence-corrected chi connectivity index (χ4v) is 0.857. The predicted octanol–water partition coefficient (Wildman–Crippen LogP) is 1.33. The van der Waals surface area contributed by atoms with Crippen molar-refractivity contribution in [1.29, 1.82) is 0 Å². The van der Waals surface area contributed by atoms with Crippen LogP contribution in [0.1, 0.15) is 20.3 Å². The Morgan fingerprint density at radius 1 is 1.50 bits per heavy atom. The highest BCUT2D eigenvalue weighted by atomic mass is 16.5. The summed E-state index contributed by atoms with van der Waals surface area (Å²) < 4.78 is 4.48. The van der Waals surface area contributed by atoms with Gasteiger partial charge in [-0.25, -0.2) is 0 Å². The fraction of sp³-hybridized carbons (Fsp3) is 0.556. The highest BCUT2D eigenvalue weighted by Crippen LogP contribution is 2.05. The van der Waals surface area contributed by atoms with E-state index in [1.54, 1.807) is 26.0 Å². The molecular weight excluding hydrogens is 156 g/mol. The van der Waals surface area contributed by atoms with Crippen molar-refractivity contribution >= 4 is 11.8 Å². The van der Waals surface area contributed by atoms with E-state index in [1.165, 1.54) is 7.11 Å². The van der Waals surface area contributed by atoms with Gasteiger partial charge in [-0.1, -0.05) is 19.1 Å². The minimum absolute atomic E-state index is 0.111. The molecule has 0 radical (unpaired) electrons. The van der Waals surface area contributed by atoms with E-state index in [2.05, 4.69) is 4.74 Å². The van der Waals surface area contributed by atoms with E-state index in [9.17, 15) is 9.59 Å². The lowest BCUT2D eigenvalue weighted by molar-refractivity contribution is -0.147. The van der Waals surface area contributed by atoms with Crippen LogP contribution in [0.15, 0.2) is 12.2 Å². The molecule has 0 fully saturated rings. The smallest absolute Gasteiger partial charge is 0.320 e. The van der Waals surface area contributed by atoms with Crippen LogP contribution < -0.4 is 0 Å². The standard InChI is InChI=1S/C9H14O3/c1-4-6-7(8(10)5-2)9(11)12-3/h4,6-7H,5H2,1-3H3/b6-4-. The molecule has 0 rings (SSSR count). The van der Waals surface area contributed by atoms with E-state index in [0.717, 1.165) is 0 Å². The molecule has 0 aliphatic heterocycles. The van der Waals surface area contributed by atoms with Gasteiger partial charge in [0.2, 0.25) is 0 Å². The van der Waals surface area contributed by atoms with Gasteiger partial charge in [-0.05, 0) is 6.92 Å². The third kappa shape index (κ3) is 2.86. The van der Waals surface area contributed by atoms with Crippen molar-refractivity contribution in [3.63, 3.8) is 0 Å². The average molecular weight is 170 g/mol. The summed E-state index contributed by atoms with van der Waals surface area (Å²) in [6, 6.07) is 0. The minimum Gasteiger partial charge on any atom is -0.468 e. The second-order valence-electron chi connectivity index (χ2n) is 2.35. The van der Waals surface area contributed by atoms with Crippen LogP contribution in [0.4, 0.5) is 0 Å². The first kappa shape index (κ1) is 10.9. The monoisotopic (exact) mass is 170 g/mol. The summed E-state index contributed by atoms with van der Waals surface area (Å²) in [7, 11) is 1.28. The Morgan fingerprint density at radius 3 is 2.42 bits per heavy atom. The van der Waals surface area contributed by atoms with Crippen molar-refractivity contribution in [3.05, 3.63) is 12.2 Å². The minimum atomic E-state index is -0.718. The molecule has 0 bridgehead atoms. The summed E-state index contributed by atoms with van der Waals surface area (Å²) in [5.41, 5.74) is 0. The molecule has 0 heterocycles. The van der Waals surface area contributed by atoms with Gasteiger partial charge in [-0.3, -0.25) is 9.59 Å². The summed E-state index contributed by atoms with van der Waals surface area (Å²) >= 11 is 0. The van der Waals surface area contributed by atoms with Crippen LogP contribution in [0.2, 0.25) is 0 Å². The number of hydrogen-bond donors (Lipinski definition) is 0. The van der Waals surface area contributed by atoms with Crippen LogP contribution in [0, 0.1) is 5.92 Å². The van der Waals surface area contributed by atoms with Crippen molar-refractivity contribution in [2.24, 2.45) is 5.92 Å². The van der Waals surface area contributed by atoms with Crippen LogP contribution in [0.3, 0.4) is 0 Å². The number of allylic oxidation sites excluding steroid dienone is 1. The Morgan fingerprint density at radius 2 is 2.08 bits per heavy atom. The Hall–Kier alpha value is -1.12. The molecule has 0 spiro atoms. The number of rotatable bonds is 4. The molecule has 0 aliphatic carbocycles. The highest BCUT2D eigenvalue weighted by Gasteiger charge is 2.22. The average Bonchev–Trinajstić information content (AvgIpc) is 2.11. The van der Waals surface area contributed by atoms with E-state index in [0.29, 0.717) is 6.42 Å². The molecule has 1 unspecified atom stereocenters. The molecule has 68 valence electrons. The number of methoxy groups -OCH3 is 1. The Bertz CT molecular complexity index is 178. The number of carbonyl (C=O) groups is 2. The Balaban J connectivity index is 4.43. The van der Waals surface area contributed by atoms with Crippen molar-refractivity contribution < 1.29 is 14.3 Å². The first-order valence-corrected chi connectivity index (χ1v) is 3.90. The van der Waals surface area contributed by atoms with Crippen LogP contribution >= 0.6 is 0 Å². The number of ketones is 1. The molecule has 0 aromatic heterocycles. The molecular formula is C9H14O3. The zero-order valence-electron chi connectivity index (χ0n) is 7.66. The molecule has 3 heteroatoms. The van der Waals surface area contributed by atoms with Crippen LogP contribution in [-0.4, -0.2) is 18.9 Å². The summed E-state index contributed by atoms with van der Waals surface area (Å²) in [6.45, 7) is 3.49. The normalized spacial score (nSPS) is 12.9. The fourth-order valence-electron chi connectivity index (χ4n) is 0.857. The number of ether oxygens (including phenoxy) is 1. The number of hydrogen-bond acceptors (Lipinski definition) is 3. The maximum absolute atomic E-state index is 11.2. The molecule has 0 aromatic carbocycles. The van der Waals surface area contributed by atoms with Gasteiger partial charge in [0.1, 0.15) is 5.92 Å². The second-order valence-corrected chi connectivity index (χ2v) is 2.35. The van der Waals surface area contributed by atoms with E-state index in [1.807, 2.05) is 0 Å². The van der Waals surface area contributed by atoms with Gasteiger partial charge in [-0.15, -0.1) is 0 Å². The topological polar surface area (TPSA) is 43.4 Å². The first-order chi connectivity index (χ1) is 5.67. The zero-order chi connectivity index (χ0) is 9.56. The second kappa shape index (κ2) is 5.52. The van der Waals surface area contributed by atoms with Gasteiger partial charge in [0, 0.05) is 6.42 Å². The Kier molecular flexibility index (Phi) is 5.00. The lowest BCUT2D eigenvalue weighted by Gasteiger charge is -2.06.